The van der Waals surface area contributed by atoms with Crippen LogP contribution in [0.3, 0.4) is 0 Å². The zero-order valence-corrected chi connectivity index (χ0v) is 22.8. The minimum Gasteiger partial charge on any atom is -0.339 e. The van der Waals surface area contributed by atoms with E-state index in [1.165, 1.54) is 24.3 Å². The molecule has 7 nitrogen and oxygen atoms in total. The first-order valence-electron chi connectivity index (χ1n) is 13.6. The number of amides is 4. The average molecular weight is 539 g/mol. The number of rotatable bonds is 5. The quantitative estimate of drug-likeness (QED) is 0.575. The Labute approximate surface area is 228 Å². The molecule has 5 rings (SSSR count). The van der Waals surface area contributed by atoms with Crippen molar-refractivity contribution in [2.75, 3.05) is 32.7 Å². The summed E-state index contributed by atoms with van der Waals surface area (Å²) in [6.45, 7) is 7.93. The standard InChI is InChI=1S/C30H36F2N4O3/c1-20-16-29(2,3)19-30(17-20)27(38)36(28(39)33-30)18-25(37)34-12-14-35(15-13-34)26(21-4-8-23(31)9-5-21)22-6-10-24(32)11-7-22/h4-11,20,26H,12-19H2,1-3H3,(H,33,39)/t20-,30+/m0/s1. The van der Waals surface area contributed by atoms with Crippen molar-refractivity contribution >= 4 is 17.8 Å². The average Bonchev–Trinajstić information content (AvgIpc) is 3.08. The summed E-state index contributed by atoms with van der Waals surface area (Å²) >= 11 is 0. The maximum Gasteiger partial charge on any atom is 0.325 e. The van der Waals surface area contributed by atoms with Crippen LogP contribution >= 0.6 is 0 Å². The summed E-state index contributed by atoms with van der Waals surface area (Å²) in [5.41, 5.74) is 0.728. The Bertz CT molecular complexity index is 1200. The molecule has 0 aromatic heterocycles. The molecule has 2 heterocycles. The number of carbonyl (C=O) groups is 3. The number of carbonyl (C=O) groups excluding carboxylic acids is 3. The summed E-state index contributed by atoms with van der Waals surface area (Å²) < 4.78 is 27.2. The van der Waals surface area contributed by atoms with Gasteiger partial charge in [0, 0.05) is 26.2 Å². The lowest BCUT2D eigenvalue weighted by Crippen LogP contribution is -2.55. The third-order valence-corrected chi connectivity index (χ3v) is 8.32. The Morgan fingerprint density at radius 2 is 1.46 bits per heavy atom. The lowest BCUT2D eigenvalue weighted by molar-refractivity contribution is -0.141. The SMILES string of the molecule is C[C@H]1CC(C)(C)C[C@@]2(C1)NC(=O)N(CC(=O)N1CCN(C(c3ccc(F)cc3)c3ccc(F)cc3)CC1)C2=O. The fraction of sp³-hybridized carbons (Fsp3) is 0.500. The number of piperazine rings is 1. The first-order valence-corrected chi connectivity index (χ1v) is 13.6. The van der Waals surface area contributed by atoms with Crippen LogP contribution in [0.5, 0.6) is 0 Å². The van der Waals surface area contributed by atoms with Crippen molar-refractivity contribution in [3.8, 4) is 0 Å². The van der Waals surface area contributed by atoms with Crippen LogP contribution in [0.1, 0.15) is 57.2 Å². The molecular weight excluding hydrogens is 502 g/mol. The molecule has 1 N–H and O–H groups in total. The van der Waals surface area contributed by atoms with E-state index in [0.717, 1.165) is 22.4 Å². The van der Waals surface area contributed by atoms with Crippen LogP contribution in [-0.2, 0) is 9.59 Å². The molecule has 1 spiro atoms. The van der Waals surface area contributed by atoms with Gasteiger partial charge in [-0.25, -0.2) is 13.6 Å². The van der Waals surface area contributed by atoms with Gasteiger partial charge < -0.3 is 10.2 Å². The Balaban J connectivity index is 1.26. The van der Waals surface area contributed by atoms with Crippen LogP contribution in [0, 0.1) is 23.0 Å². The van der Waals surface area contributed by atoms with Gasteiger partial charge in [-0.05, 0) is 66.0 Å². The lowest BCUT2D eigenvalue weighted by Gasteiger charge is -2.44. The van der Waals surface area contributed by atoms with E-state index >= 15 is 0 Å². The van der Waals surface area contributed by atoms with E-state index in [1.54, 1.807) is 29.2 Å². The van der Waals surface area contributed by atoms with E-state index in [9.17, 15) is 23.2 Å². The molecule has 2 aliphatic heterocycles. The predicted molar refractivity (Wildman–Crippen MR) is 143 cm³/mol. The molecule has 4 amide bonds. The summed E-state index contributed by atoms with van der Waals surface area (Å²) in [5, 5.41) is 2.93. The summed E-state index contributed by atoms with van der Waals surface area (Å²) in [4.78, 5) is 44.5. The Hall–Kier alpha value is -3.33. The van der Waals surface area contributed by atoms with Crippen molar-refractivity contribution in [3.63, 3.8) is 0 Å². The molecular formula is C30H36F2N4O3. The van der Waals surface area contributed by atoms with Gasteiger partial charge in [0.25, 0.3) is 5.91 Å². The van der Waals surface area contributed by atoms with Crippen LogP contribution in [0.4, 0.5) is 13.6 Å². The number of hydrogen-bond donors (Lipinski definition) is 1. The number of nitrogens with one attached hydrogen (secondary N) is 1. The third kappa shape index (κ3) is 5.55. The number of nitrogens with zero attached hydrogens (tertiary/aromatic N) is 3. The summed E-state index contributed by atoms with van der Waals surface area (Å²) in [6, 6.07) is 11.8. The first kappa shape index (κ1) is 27.2. The van der Waals surface area contributed by atoms with Crippen LogP contribution in [0.2, 0.25) is 0 Å². The molecule has 0 bridgehead atoms. The second-order valence-corrected chi connectivity index (χ2v) is 12.2. The van der Waals surface area contributed by atoms with Crippen molar-refractivity contribution in [2.45, 2.75) is 51.6 Å². The molecule has 1 aliphatic carbocycles. The maximum absolute atomic E-state index is 13.6. The highest BCUT2D eigenvalue weighted by Crippen LogP contribution is 2.46. The van der Waals surface area contributed by atoms with Gasteiger partial charge in [0.1, 0.15) is 23.7 Å². The molecule has 9 heteroatoms. The van der Waals surface area contributed by atoms with E-state index < -0.39 is 11.6 Å². The molecule has 3 fully saturated rings. The number of benzene rings is 2. The van der Waals surface area contributed by atoms with Gasteiger partial charge in [0.15, 0.2) is 0 Å². The Morgan fingerprint density at radius 1 is 0.923 bits per heavy atom. The zero-order valence-electron chi connectivity index (χ0n) is 22.8. The molecule has 2 saturated heterocycles. The molecule has 39 heavy (non-hydrogen) atoms. The van der Waals surface area contributed by atoms with Crippen molar-refractivity contribution in [2.24, 2.45) is 11.3 Å². The third-order valence-electron chi connectivity index (χ3n) is 8.32. The highest BCUT2D eigenvalue weighted by Gasteiger charge is 2.56. The monoisotopic (exact) mass is 538 g/mol. The lowest BCUT2D eigenvalue weighted by atomic mass is 9.64. The Kier molecular flexibility index (Phi) is 7.22. The van der Waals surface area contributed by atoms with Crippen molar-refractivity contribution in [1.29, 1.82) is 0 Å². The van der Waals surface area contributed by atoms with E-state index in [-0.39, 0.29) is 47.4 Å². The molecule has 2 aromatic rings. The van der Waals surface area contributed by atoms with Gasteiger partial charge in [0.2, 0.25) is 5.91 Å². The van der Waals surface area contributed by atoms with Crippen molar-refractivity contribution in [3.05, 3.63) is 71.3 Å². The van der Waals surface area contributed by atoms with Crippen LogP contribution in [0.25, 0.3) is 0 Å². The Morgan fingerprint density at radius 3 is 1.97 bits per heavy atom. The highest BCUT2D eigenvalue weighted by molar-refractivity contribution is 6.09. The second kappa shape index (κ2) is 10.3. The summed E-state index contributed by atoms with van der Waals surface area (Å²) in [6.07, 6.45) is 2.13. The van der Waals surface area contributed by atoms with Gasteiger partial charge in [-0.3, -0.25) is 19.4 Å². The second-order valence-electron chi connectivity index (χ2n) is 12.2. The largest absolute Gasteiger partial charge is 0.339 e. The molecule has 0 unspecified atom stereocenters. The predicted octanol–water partition coefficient (Wildman–Crippen LogP) is 4.34. The van der Waals surface area contributed by atoms with E-state index in [2.05, 4.69) is 31.0 Å². The number of urea groups is 1. The molecule has 0 radical (unpaired) electrons. The van der Waals surface area contributed by atoms with Crippen LogP contribution in [-0.4, -0.2) is 70.8 Å². The normalized spacial score (nSPS) is 25.4. The molecule has 2 atom stereocenters. The first-order chi connectivity index (χ1) is 18.5. The fourth-order valence-corrected chi connectivity index (χ4v) is 7.02. The van der Waals surface area contributed by atoms with Crippen LogP contribution in [0.15, 0.2) is 48.5 Å². The fourth-order valence-electron chi connectivity index (χ4n) is 7.02. The van der Waals surface area contributed by atoms with Gasteiger partial charge in [-0.15, -0.1) is 0 Å². The minimum atomic E-state index is -0.936. The zero-order chi connectivity index (χ0) is 27.9. The van der Waals surface area contributed by atoms with Crippen molar-refractivity contribution in [1.82, 2.24) is 20.0 Å². The summed E-state index contributed by atoms with van der Waals surface area (Å²) in [5.74, 6) is -0.941. The van der Waals surface area contributed by atoms with Crippen LogP contribution < -0.4 is 5.32 Å². The number of hydrogen-bond acceptors (Lipinski definition) is 4. The minimum absolute atomic E-state index is 0.0808. The summed E-state index contributed by atoms with van der Waals surface area (Å²) in [7, 11) is 0. The van der Waals surface area contributed by atoms with Crippen molar-refractivity contribution < 1.29 is 23.2 Å². The smallest absolute Gasteiger partial charge is 0.325 e. The van der Waals surface area contributed by atoms with E-state index in [1.807, 2.05) is 0 Å². The molecule has 208 valence electrons. The maximum atomic E-state index is 13.6. The van der Waals surface area contributed by atoms with Gasteiger partial charge in [-0.1, -0.05) is 45.0 Å². The van der Waals surface area contributed by atoms with Gasteiger partial charge in [0.05, 0.1) is 6.04 Å². The topological polar surface area (TPSA) is 73.0 Å². The van der Waals surface area contributed by atoms with E-state index in [4.69, 9.17) is 0 Å². The number of imide groups is 1. The molecule has 1 saturated carbocycles. The van der Waals surface area contributed by atoms with Gasteiger partial charge >= 0.3 is 6.03 Å². The molecule has 2 aromatic carbocycles. The highest BCUT2D eigenvalue weighted by atomic mass is 19.1. The molecule has 3 aliphatic rings. The number of halogens is 2. The van der Waals surface area contributed by atoms with Gasteiger partial charge in [-0.2, -0.15) is 0 Å². The van der Waals surface area contributed by atoms with E-state index in [0.29, 0.717) is 39.0 Å².